The lowest BCUT2D eigenvalue weighted by Gasteiger charge is -2.09. The smallest absolute Gasteiger partial charge is 0.315 e. The lowest BCUT2D eigenvalue weighted by molar-refractivity contribution is -0.139. The van der Waals surface area contributed by atoms with Crippen molar-refractivity contribution in [2.75, 3.05) is 23.4 Å². The zero-order valence-electron chi connectivity index (χ0n) is 11.3. The lowest BCUT2D eigenvalue weighted by atomic mass is 10.1. The molecule has 1 N–H and O–H groups in total. The van der Waals surface area contributed by atoms with Gasteiger partial charge < -0.3 is 10.1 Å². The molecule has 1 amide bonds. The Kier molecular flexibility index (Phi) is 7.03. The van der Waals surface area contributed by atoms with E-state index in [1.54, 1.807) is 6.92 Å². The zero-order chi connectivity index (χ0) is 14.1. The van der Waals surface area contributed by atoms with Gasteiger partial charge in [0.05, 0.1) is 18.1 Å². The van der Waals surface area contributed by atoms with Crippen LogP contribution in [0.4, 0.5) is 5.69 Å². The van der Waals surface area contributed by atoms with Crippen LogP contribution in [0.15, 0.2) is 24.3 Å². The van der Waals surface area contributed by atoms with Crippen LogP contribution in [0.1, 0.15) is 19.4 Å². The average Bonchev–Trinajstić information content (AvgIpc) is 2.39. The number of nitrogens with one attached hydrogen (secondary N) is 1. The van der Waals surface area contributed by atoms with E-state index in [0.29, 0.717) is 6.61 Å². The molecule has 4 nitrogen and oxygen atoms in total. The standard InChI is InChI=1S/C14H19NO3S/c1-3-11-7-5-6-8-12(11)15-13(16)9-19-10-14(17)18-4-2/h5-8H,3-4,9-10H2,1-2H3,(H,15,16). The maximum absolute atomic E-state index is 11.7. The van der Waals surface area contributed by atoms with Crippen LogP contribution < -0.4 is 5.32 Å². The van der Waals surface area contributed by atoms with Crippen LogP contribution in [-0.4, -0.2) is 30.0 Å². The quantitative estimate of drug-likeness (QED) is 0.780. The Balaban J connectivity index is 2.37. The van der Waals surface area contributed by atoms with Gasteiger partial charge in [-0.05, 0) is 25.0 Å². The van der Waals surface area contributed by atoms with E-state index in [1.807, 2.05) is 31.2 Å². The highest BCUT2D eigenvalue weighted by atomic mass is 32.2. The predicted octanol–water partition coefficient (Wildman–Crippen LogP) is 2.48. The third kappa shape index (κ3) is 5.79. The van der Waals surface area contributed by atoms with Crippen molar-refractivity contribution >= 4 is 29.3 Å². The van der Waals surface area contributed by atoms with Gasteiger partial charge in [-0.3, -0.25) is 9.59 Å². The van der Waals surface area contributed by atoms with Crippen LogP contribution in [0, 0.1) is 0 Å². The van der Waals surface area contributed by atoms with Crippen molar-refractivity contribution in [3.63, 3.8) is 0 Å². The fourth-order valence-electron chi connectivity index (χ4n) is 1.57. The summed E-state index contributed by atoms with van der Waals surface area (Å²) in [4.78, 5) is 22.8. The molecule has 0 unspecified atom stereocenters. The first-order valence-electron chi connectivity index (χ1n) is 6.28. The van der Waals surface area contributed by atoms with Gasteiger partial charge in [-0.2, -0.15) is 0 Å². The molecule has 0 saturated heterocycles. The minimum absolute atomic E-state index is 0.102. The molecule has 0 aliphatic heterocycles. The third-order valence-corrected chi connectivity index (χ3v) is 3.34. The number of anilines is 1. The van der Waals surface area contributed by atoms with Gasteiger partial charge in [0.2, 0.25) is 5.91 Å². The van der Waals surface area contributed by atoms with Crippen molar-refractivity contribution in [2.24, 2.45) is 0 Å². The second-order valence-corrected chi connectivity index (χ2v) is 4.84. The van der Waals surface area contributed by atoms with Gasteiger partial charge in [0.15, 0.2) is 0 Å². The number of esters is 1. The van der Waals surface area contributed by atoms with E-state index >= 15 is 0 Å². The molecule has 0 aromatic heterocycles. The summed E-state index contributed by atoms with van der Waals surface area (Å²) < 4.78 is 4.79. The number of carbonyl (C=O) groups is 2. The molecule has 1 aromatic rings. The van der Waals surface area contributed by atoms with Gasteiger partial charge in [-0.1, -0.05) is 25.1 Å². The van der Waals surface area contributed by atoms with Crippen molar-refractivity contribution in [3.05, 3.63) is 29.8 Å². The van der Waals surface area contributed by atoms with Gasteiger partial charge >= 0.3 is 5.97 Å². The van der Waals surface area contributed by atoms with Gasteiger partial charge in [0.25, 0.3) is 0 Å². The Morgan fingerprint density at radius 3 is 2.63 bits per heavy atom. The first-order chi connectivity index (χ1) is 9.17. The molecule has 104 valence electrons. The van der Waals surface area contributed by atoms with Crippen LogP contribution >= 0.6 is 11.8 Å². The second kappa shape index (κ2) is 8.58. The number of ether oxygens (including phenoxy) is 1. The fourth-order valence-corrected chi connectivity index (χ4v) is 2.18. The Labute approximate surface area is 117 Å². The van der Waals surface area contributed by atoms with E-state index in [-0.39, 0.29) is 23.4 Å². The minimum atomic E-state index is -0.283. The molecule has 1 aromatic carbocycles. The summed E-state index contributed by atoms with van der Waals surface area (Å²) in [6, 6.07) is 7.71. The fraction of sp³-hybridized carbons (Fsp3) is 0.429. The Hall–Kier alpha value is -1.49. The van der Waals surface area contributed by atoms with Crippen molar-refractivity contribution in [1.82, 2.24) is 0 Å². The molecule has 0 atom stereocenters. The third-order valence-electron chi connectivity index (χ3n) is 2.43. The van der Waals surface area contributed by atoms with Crippen LogP contribution in [0.25, 0.3) is 0 Å². The summed E-state index contributed by atoms with van der Waals surface area (Å²) in [7, 11) is 0. The SMILES string of the molecule is CCOC(=O)CSCC(=O)Nc1ccccc1CC. The summed E-state index contributed by atoms with van der Waals surface area (Å²) >= 11 is 1.26. The predicted molar refractivity (Wildman–Crippen MR) is 78.4 cm³/mol. The molecule has 19 heavy (non-hydrogen) atoms. The highest BCUT2D eigenvalue weighted by Crippen LogP contribution is 2.15. The van der Waals surface area contributed by atoms with Gasteiger partial charge in [-0.25, -0.2) is 0 Å². The lowest BCUT2D eigenvalue weighted by Crippen LogP contribution is -2.17. The van der Waals surface area contributed by atoms with Crippen molar-refractivity contribution in [1.29, 1.82) is 0 Å². The molecule has 1 rings (SSSR count). The average molecular weight is 281 g/mol. The summed E-state index contributed by atoms with van der Waals surface area (Å²) in [5.74, 6) is 0.0672. The number of hydrogen-bond donors (Lipinski definition) is 1. The molecule has 0 spiro atoms. The number of carbonyl (C=O) groups excluding carboxylic acids is 2. The molecule has 5 heteroatoms. The Bertz CT molecular complexity index is 434. The Morgan fingerprint density at radius 1 is 1.21 bits per heavy atom. The first kappa shape index (κ1) is 15.6. The largest absolute Gasteiger partial charge is 0.465 e. The highest BCUT2D eigenvalue weighted by molar-refractivity contribution is 8.00. The normalized spacial score (nSPS) is 10.0. The molecule has 0 aliphatic carbocycles. The first-order valence-corrected chi connectivity index (χ1v) is 7.44. The highest BCUT2D eigenvalue weighted by Gasteiger charge is 2.08. The topological polar surface area (TPSA) is 55.4 Å². The number of benzene rings is 1. The molecule has 0 aliphatic rings. The van der Waals surface area contributed by atoms with E-state index < -0.39 is 0 Å². The van der Waals surface area contributed by atoms with Gasteiger partial charge in [-0.15, -0.1) is 11.8 Å². The monoisotopic (exact) mass is 281 g/mol. The molecular formula is C14H19NO3S. The molecular weight excluding hydrogens is 262 g/mol. The summed E-state index contributed by atoms with van der Waals surface area (Å²) in [6.07, 6.45) is 0.867. The molecule has 0 bridgehead atoms. The van der Waals surface area contributed by atoms with E-state index in [0.717, 1.165) is 17.7 Å². The molecule has 0 saturated carbocycles. The molecule has 0 heterocycles. The summed E-state index contributed by atoms with van der Waals surface area (Å²) in [6.45, 7) is 4.17. The van der Waals surface area contributed by atoms with Crippen molar-refractivity contribution < 1.29 is 14.3 Å². The number of para-hydroxylation sites is 1. The number of hydrogen-bond acceptors (Lipinski definition) is 4. The van der Waals surface area contributed by atoms with E-state index in [1.165, 1.54) is 11.8 Å². The van der Waals surface area contributed by atoms with Crippen LogP contribution in [0.3, 0.4) is 0 Å². The van der Waals surface area contributed by atoms with E-state index in [9.17, 15) is 9.59 Å². The summed E-state index contributed by atoms with van der Waals surface area (Å²) in [5.41, 5.74) is 1.94. The number of aryl methyl sites for hydroxylation is 1. The van der Waals surface area contributed by atoms with Gasteiger partial charge in [0, 0.05) is 5.69 Å². The van der Waals surface area contributed by atoms with Crippen LogP contribution in [0.5, 0.6) is 0 Å². The van der Waals surface area contributed by atoms with Crippen LogP contribution in [-0.2, 0) is 20.7 Å². The molecule has 0 radical (unpaired) electrons. The number of amides is 1. The summed E-state index contributed by atoms with van der Waals surface area (Å²) in [5, 5.41) is 2.86. The van der Waals surface area contributed by atoms with E-state index in [4.69, 9.17) is 4.74 Å². The maximum atomic E-state index is 11.7. The van der Waals surface area contributed by atoms with E-state index in [2.05, 4.69) is 5.32 Å². The molecule has 0 fully saturated rings. The second-order valence-electron chi connectivity index (χ2n) is 3.86. The number of rotatable bonds is 7. The van der Waals surface area contributed by atoms with Crippen molar-refractivity contribution in [3.8, 4) is 0 Å². The Morgan fingerprint density at radius 2 is 1.95 bits per heavy atom. The number of thioether (sulfide) groups is 1. The maximum Gasteiger partial charge on any atom is 0.315 e. The van der Waals surface area contributed by atoms with Crippen LogP contribution in [0.2, 0.25) is 0 Å². The minimum Gasteiger partial charge on any atom is -0.465 e. The van der Waals surface area contributed by atoms with Crippen molar-refractivity contribution in [2.45, 2.75) is 20.3 Å². The van der Waals surface area contributed by atoms with Gasteiger partial charge in [0.1, 0.15) is 0 Å². The zero-order valence-corrected chi connectivity index (χ0v) is 12.1.